The summed E-state index contributed by atoms with van der Waals surface area (Å²) in [5, 5.41) is 0. The molecule has 1 aliphatic carbocycles. The summed E-state index contributed by atoms with van der Waals surface area (Å²) < 4.78 is 22.9. The fourth-order valence-electron chi connectivity index (χ4n) is 3.48. The van der Waals surface area contributed by atoms with Gasteiger partial charge >= 0.3 is 0 Å². The summed E-state index contributed by atoms with van der Waals surface area (Å²) in [7, 11) is 0. The van der Waals surface area contributed by atoms with Crippen LogP contribution in [0.4, 0.5) is 0 Å². The molecule has 126 valence electrons. The minimum atomic E-state index is -0.854. The van der Waals surface area contributed by atoms with Crippen molar-refractivity contribution < 1.29 is 18.9 Å². The summed E-state index contributed by atoms with van der Waals surface area (Å²) >= 11 is 12.6. The highest BCUT2D eigenvalue weighted by molar-refractivity contribution is 6.52. The smallest absolute Gasteiger partial charge is 0.163 e. The predicted octanol–water partition coefficient (Wildman–Crippen LogP) is 3.29. The lowest BCUT2D eigenvalue weighted by Crippen LogP contribution is -2.43. The van der Waals surface area contributed by atoms with Crippen LogP contribution in [0.15, 0.2) is 30.3 Å². The first-order valence-corrected chi connectivity index (χ1v) is 8.65. The molecule has 3 fully saturated rings. The van der Waals surface area contributed by atoms with E-state index in [4.69, 9.17) is 42.1 Å². The van der Waals surface area contributed by atoms with E-state index in [0.717, 1.165) is 5.56 Å². The molecule has 2 heterocycles. The maximum atomic E-state index is 6.30. The van der Waals surface area contributed by atoms with Crippen LogP contribution in [0.25, 0.3) is 0 Å². The van der Waals surface area contributed by atoms with Gasteiger partial charge in [-0.15, -0.1) is 0 Å². The lowest BCUT2D eigenvalue weighted by molar-refractivity contribution is -0.167. The molecule has 0 aromatic heterocycles. The molecule has 5 atom stereocenters. The second kappa shape index (κ2) is 5.58. The number of hydrogen-bond acceptors (Lipinski definition) is 4. The van der Waals surface area contributed by atoms with Crippen molar-refractivity contribution in [2.45, 2.75) is 55.0 Å². The highest BCUT2D eigenvalue weighted by atomic mass is 35.5. The van der Waals surface area contributed by atoms with Crippen molar-refractivity contribution in [3.8, 4) is 0 Å². The third kappa shape index (κ3) is 2.90. The molecule has 0 N–H and O–H groups in total. The Hall–Kier alpha value is -0.360. The molecule has 1 saturated carbocycles. The predicted molar refractivity (Wildman–Crippen MR) is 86.5 cm³/mol. The molecule has 0 radical (unpaired) electrons. The van der Waals surface area contributed by atoms with Crippen LogP contribution in [0.5, 0.6) is 0 Å². The van der Waals surface area contributed by atoms with E-state index in [1.54, 1.807) is 0 Å². The maximum Gasteiger partial charge on any atom is 0.163 e. The van der Waals surface area contributed by atoms with Crippen molar-refractivity contribution in [1.29, 1.82) is 0 Å². The molecule has 1 aromatic carbocycles. The molecule has 4 rings (SSSR count). The van der Waals surface area contributed by atoms with E-state index in [-0.39, 0.29) is 30.3 Å². The third-order valence-corrected chi connectivity index (χ3v) is 5.64. The van der Waals surface area contributed by atoms with E-state index < -0.39 is 10.1 Å². The van der Waals surface area contributed by atoms with Gasteiger partial charge in [0, 0.05) is 0 Å². The Labute approximate surface area is 145 Å². The van der Waals surface area contributed by atoms with Gasteiger partial charge in [-0.1, -0.05) is 53.5 Å². The van der Waals surface area contributed by atoms with Crippen molar-refractivity contribution in [1.82, 2.24) is 0 Å². The largest absolute Gasteiger partial charge is 0.370 e. The highest BCUT2D eigenvalue weighted by Crippen LogP contribution is 2.63. The number of halogens is 2. The number of alkyl halides is 2. The van der Waals surface area contributed by atoms with Crippen molar-refractivity contribution in [2.24, 2.45) is 5.92 Å². The van der Waals surface area contributed by atoms with Crippen molar-refractivity contribution in [3.63, 3.8) is 0 Å². The van der Waals surface area contributed by atoms with E-state index >= 15 is 0 Å². The first-order chi connectivity index (χ1) is 10.9. The number of ether oxygens (including phenoxy) is 4. The van der Waals surface area contributed by atoms with Crippen LogP contribution in [0, 0.1) is 5.92 Å². The van der Waals surface area contributed by atoms with Crippen LogP contribution in [-0.2, 0) is 25.6 Å². The van der Waals surface area contributed by atoms with Gasteiger partial charge in [0.25, 0.3) is 0 Å². The van der Waals surface area contributed by atoms with Gasteiger partial charge in [0.05, 0.1) is 31.3 Å². The Morgan fingerprint density at radius 2 is 1.96 bits per heavy atom. The van der Waals surface area contributed by atoms with E-state index in [9.17, 15) is 0 Å². The van der Waals surface area contributed by atoms with E-state index in [0.29, 0.717) is 13.2 Å². The Bertz CT molecular complexity index is 577. The summed E-state index contributed by atoms with van der Waals surface area (Å²) in [6.45, 7) is 4.78. The molecule has 0 amide bonds. The minimum absolute atomic E-state index is 0.0214. The number of fused-ring (bicyclic) bond motifs is 1. The first-order valence-electron chi connectivity index (χ1n) is 7.89. The first kappa shape index (κ1) is 16.1. The Morgan fingerprint density at radius 1 is 1.22 bits per heavy atom. The molecular formula is C17H20Cl2O4. The fourth-order valence-corrected chi connectivity index (χ4v) is 4.21. The van der Waals surface area contributed by atoms with Crippen LogP contribution >= 0.6 is 23.2 Å². The second-order valence-electron chi connectivity index (χ2n) is 6.85. The van der Waals surface area contributed by atoms with E-state index in [2.05, 4.69) is 0 Å². The Kier molecular flexibility index (Phi) is 3.91. The van der Waals surface area contributed by atoms with E-state index in [1.807, 2.05) is 44.2 Å². The standard InChI is InChI=1S/C17H20Cl2O4/c1-16(2)21-9-11(23-16)13-14(12-15(22-13)17(12,18)19)20-8-10-6-4-3-5-7-10/h3-7,11-15H,8-9H2,1-2H3/t11-,12-,13-,14-,15+/m1/s1. The zero-order chi connectivity index (χ0) is 16.2. The second-order valence-corrected chi connectivity index (χ2v) is 8.29. The molecule has 0 unspecified atom stereocenters. The molecule has 2 saturated heterocycles. The summed E-state index contributed by atoms with van der Waals surface area (Å²) in [6.07, 6.45) is -0.759. The zero-order valence-electron chi connectivity index (χ0n) is 13.1. The van der Waals surface area contributed by atoms with Crippen LogP contribution in [-0.4, -0.2) is 41.1 Å². The van der Waals surface area contributed by atoms with Crippen molar-refractivity contribution in [3.05, 3.63) is 35.9 Å². The SMILES string of the molecule is CC1(C)OC[C@H]([C@H]2O[C@H]3[C@@H]([C@H]2OCc2ccccc2)C3(Cl)Cl)O1. The van der Waals surface area contributed by atoms with Gasteiger partial charge in [-0.05, 0) is 19.4 Å². The molecule has 0 bridgehead atoms. The van der Waals surface area contributed by atoms with Gasteiger partial charge in [0.1, 0.15) is 12.2 Å². The molecule has 1 aromatic rings. The molecule has 0 spiro atoms. The average molecular weight is 359 g/mol. The molecule has 2 aliphatic heterocycles. The van der Waals surface area contributed by atoms with Gasteiger partial charge in [-0.3, -0.25) is 0 Å². The third-order valence-electron chi connectivity index (χ3n) is 4.70. The van der Waals surface area contributed by atoms with Gasteiger partial charge in [-0.25, -0.2) is 0 Å². The minimum Gasteiger partial charge on any atom is -0.370 e. The summed E-state index contributed by atoms with van der Waals surface area (Å²) in [4.78, 5) is 0. The number of rotatable bonds is 4. The van der Waals surface area contributed by atoms with Crippen LogP contribution < -0.4 is 0 Å². The van der Waals surface area contributed by atoms with Gasteiger partial charge in [0.15, 0.2) is 10.1 Å². The normalized spacial score (nSPS) is 40.1. The fraction of sp³-hybridized carbons (Fsp3) is 0.647. The van der Waals surface area contributed by atoms with E-state index in [1.165, 1.54) is 0 Å². The summed E-state index contributed by atoms with van der Waals surface area (Å²) in [5.74, 6) is -0.615. The Morgan fingerprint density at radius 3 is 2.61 bits per heavy atom. The topological polar surface area (TPSA) is 36.9 Å². The van der Waals surface area contributed by atoms with Crippen molar-refractivity contribution >= 4 is 23.2 Å². The van der Waals surface area contributed by atoms with Crippen LogP contribution in [0.1, 0.15) is 19.4 Å². The van der Waals surface area contributed by atoms with Gasteiger partial charge < -0.3 is 18.9 Å². The van der Waals surface area contributed by atoms with Gasteiger partial charge in [0.2, 0.25) is 0 Å². The van der Waals surface area contributed by atoms with Gasteiger partial charge in [-0.2, -0.15) is 0 Å². The van der Waals surface area contributed by atoms with Crippen molar-refractivity contribution in [2.75, 3.05) is 6.61 Å². The Balaban J connectivity index is 1.47. The lowest BCUT2D eigenvalue weighted by atomic mass is 10.1. The number of benzene rings is 1. The molecule has 3 aliphatic rings. The summed E-state index contributed by atoms with van der Waals surface area (Å²) in [5.41, 5.74) is 1.11. The van der Waals surface area contributed by atoms with Crippen LogP contribution in [0.3, 0.4) is 0 Å². The molecule has 6 heteroatoms. The molecule has 4 nitrogen and oxygen atoms in total. The molecule has 23 heavy (non-hydrogen) atoms. The number of hydrogen-bond donors (Lipinski definition) is 0. The zero-order valence-corrected chi connectivity index (χ0v) is 14.6. The average Bonchev–Trinajstić information content (AvgIpc) is 2.86. The quantitative estimate of drug-likeness (QED) is 0.773. The maximum absolute atomic E-state index is 6.30. The monoisotopic (exact) mass is 358 g/mol. The molecular weight excluding hydrogens is 339 g/mol. The lowest BCUT2D eigenvalue weighted by Gasteiger charge is -2.29. The summed E-state index contributed by atoms with van der Waals surface area (Å²) in [6, 6.07) is 10.0. The highest BCUT2D eigenvalue weighted by Gasteiger charge is 2.75. The van der Waals surface area contributed by atoms with Crippen LogP contribution in [0.2, 0.25) is 0 Å².